The Morgan fingerprint density at radius 1 is 1.67 bits per heavy atom. The number of hydrogen-bond acceptors (Lipinski definition) is 3. The van der Waals surface area contributed by atoms with E-state index in [0.29, 0.717) is 12.4 Å². The van der Waals surface area contributed by atoms with Crippen molar-refractivity contribution in [3.8, 4) is 0 Å². The summed E-state index contributed by atoms with van der Waals surface area (Å²) >= 11 is 0. The first-order valence-electron chi connectivity index (χ1n) is 4.63. The number of aromatic nitrogens is 1. The van der Waals surface area contributed by atoms with E-state index in [2.05, 4.69) is 15.0 Å². The molecule has 0 spiro atoms. The maximum Gasteiger partial charge on any atom is 0.126 e. The summed E-state index contributed by atoms with van der Waals surface area (Å²) in [5.41, 5.74) is 15.6. The molecule has 78 valence electrons. The Morgan fingerprint density at radius 2 is 2.47 bits per heavy atom. The molecule has 5 nitrogen and oxygen atoms in total. The second-order valence-corrected chi connectivity index (χ2v) is 3.12. The predicted octanol–water partition coefficient (Wildman–Crippen LogP) is 2.69. The molecular formula is C10H13N5. The van der Waals surface area contributed by atoms with Crippen molar-refractivity contribution in [2.75, 3.05) is 12.3 Å². The summed E-state index contributed by atoms with van der Waals surface area (Å²) in [6.07, 6.45) is 6.33. The highest BCUT2D eigenvalue weighted by atomic mass is 15.1. The zero-order chi connectivity index (χ0) is 11.1. The highest BCUT2D eigenvalue weighted by Gasteiger charge is 1.94. The first-order valence-corrected chi connectivity index (χ1v) is 4.63. The van der Waals surface area contributed by atoms with E-state index < -0.39 is 0 Å². The van der Waals surface area contributed by atoms with Crippen molar-refractivity contribution >= 4 is 11.9 Å². The van der Waals surface area contributed by atoms with Crippen LogP contribution in [-0.2, 0) is 0 Å². The molecule has 0 saturated heterocycles. The standard InChI is InChI=1S/C10H13N5/c1-8-6-9(7-13-10(8)11)4-2-3-5-14-15-12/h2,4,6-7H,3,5H2,1H3,(H2,11,13). The first-order chi connectivity index (χ1) is 7.24. The van der Waals surface area contributed by atoms with Gasteiger partial charge in [0.1, 0.15) is 5.82 Å². The van der Waals surface area contributed by atoms with Gasteiger partial charge in [0.2, 0.25) is 0 Å². The number of azide groups is 1. The Hall–Kier alpha value is -2.00. The van der Waals surface area contributed by atoms with Crippen molar-refractivity contribution in [1.29, 1.82) is 0 Å². The second-order valence-electron chi connectivity index (χ2n) is 3.12. The lowest BCUT2D eigenvalue weighted by molar-refractivity contribution is 0.995. The number of pyridine rings is 1. The lowest BCUT2D eigenvalue weighted by Crippen LogP contribution is -1.93. The normalized spacial score (nSPS) is 10.2. The van der Waals surface area contributed by atoms with Gasteiger partial charge in [-0.15, -0.1) is 0 Å². The van der Waals surface area contributed by atoms with E-state index in [0.717, 1.165) is 17.5 Å². The van der Waals surface area contributed by atoms with Gasteiger partial charge in [-0.2, -0.15) is 0 Å². The van der Waals surface area contributed by atoms with Gasteiger partial charge in [0, 0.05) is 17.7 Å². The molecule has 0 saturated carbocycles. The molecule has 0 atom stereocenters. The first kappa shape index (κ1) is 11.1. The third kappa shape index (κ3) is 3.70. The van der Waals surface area contributed by atoms with Crippen LogP contribution in [0.4, 0.5) is 5.82 Å². The zero-order valence-electron chi connectivity index (χ0n) is 8.59. The van der Waals surface area contributed by atoms with E-state index >= 15 is 0 Å². The largest absolute Gasteiger partial charge is 0.383 e. The average molecular weight is 203 g/mol. The third-order valence-corrected chi connectivity index (χ3v) is 1.91. The van der Waals surface area contributed by atoms with Crippen molar-refractivity contribution in [1.82, 2.24) is 4.98 Å². The Labute approximate surface area is 88.3 Å². The molecule has 1 rings (SSSR count). The quantitative estimate of drug-likeness (QED) is 0.353. The van der Waals surface area contributed by atoms with Crippen LogP contribution in [0.15, 0.2) is 23.5 Å². The highest BCUT2D eigenvalue weighted by Crippen LogP contribution is 2.10. The van der Waals surface area contributed by atoms with Crippen LogP contribution in [0.25, 0.3) is 16.5 Å². The van der Waals surface area contributed by atoms with Gasteiger partial charge in [0.05, 0.1) is 0 Å². The Balaban J connectivity index is 2.56. The number of hydrogen-bond donors (Lipinski definition) is 1. The number of nitrogens with zero attached hydrogens (tertiary/aromatic N) is 4. The van der Waals surface area contributed by atoms with Gasteiger partial charge in [-0.3, -0.25) is 0 Å². The molecule has 1 aromatic rings. The molecule has 0 aliphatic heterocycles. The van der Waals surface area contributed by atoms with E-state index in [1.165, 1.54) is 0 Å². The van der Waals surface area contributed by atoms with Gasteiger partial charge in [-0.25, -0.2) is 4.98 Å². The van der Waals surface area contributed by atoms with E-state index in [9.17, 15) is 0 Å². The van der Waals surface area contributed by atoms with Crippen LogP contribution in [0.2, 0.25) is 0 Å². The third-order valence-electron chi connectivity index (χ3n) is 1.91. The summed E-state index contributed by atoms with van der Waals surface area (Å²) in [6, 6.07) is 1.96. The molecule has 1 heterocycles. The maximum absolute atomic E-state index is 8.06. The van der Waals surface area contributed by atoms with E-state index in [4.69, 9.17) is 11.3 Å². The lowest BCUT2D eigenvalue weighted by atomic mass is 10.2. The van der Waals surface area contributed by atoms with Gasteiger partial charge in [-0.1, -0.05) is 17.3 Å². The minimum absolute atomic E-state index is 0.481. The van der Waals surface area contributed by atoms with E-state index in [1.54, 1.807) is 6.20 Å². The fraction of sp³-hybridized carbons (Fsp3) is 0.300. The van der Waals surface area contributed by atoms with E-state index in [1.807, 2.05) is 25.1 Å². The lowest BCUT2D eigenvalue weighted by Gasteiger charge is -1.99. The van der Waals surface area contributed by atoms with Crippen molar-refractivity contribution < 1.29 is 0 Å². The molecule has 5 heteroatoms. The SMILES string of the molecule is Cc1cc(C=CCCN=[N+]=[N-])cnc1N. The fourth-order valence-electron chi connectivity index (χ4n) is 1.09. The molecule has 0 aromatic carbocycles. The van der Waals surface area contributed by atoms with Crippen LogP contribution in [0.5, 0.6) is 0 Å². The van der Waals surface area contributed by atoms with Crippen molar-refractivity contribution in [2.24, 2.45) is 5.11 Å². The van der Waals surface area contributed by atoms with Crippen molar-refractivity contribution in [3.05, 3.63) is 39.9 Å². The van der Waals surface area contributed by atoms with Crippen molar-refractivity contribution in [2.45, 2.75) is 13.3 Å². The van der Waals surface area contributed by atoms with Crippen LogP contribution in [0.1, 0.15) is 17.5 Å². The zero-order valence-corrected chi connectivity index (χ0v) is 8.59. The molecule has 0 aliphatic rings. The number of nitrogen functional groups attached to an aromatic ring is 1. The Kier molecular flexibility index (Phi) is 4.19. The summed E-state index contributed by atoms with van der Waals surface area (Å²) in [4.78, 5) is 6.71. The van der Waals surface area contributed by atoms with Crippen LogP contribution < -0.4 is 5.73 Å². The number of rotatable bonds is 4. The van der Waals surface area contributed by atoms with E-state index in [-0.39, 0.29) is 0 Å². The molecule has 0 fully saturated rings. The van der Waals surface area contributed by atoms with Crippen LogP contribution in [0.3, 0.4) is 0 Å². The minimum Gasteiger partial charge on any atom is -0.383 e. The van der Waals surface area contributed by atoms with Crippen LogP contribution in [-0.4, -0.2) is 11.5 Å². The smallest absolute Gasteiger partial charge is 0.126 e. The van der Waals surface area contributed by atoms with Gasteiger partial charge >= 0.3 is 0 Å². The molecule has 0 radical (unpaired) electrons. The molecule has 15 heavy (non-hydrogen) atoms. The summed E-state index contributed by atoms with van der Waals surface area (Å²) in [6.45, 7) is 2.40. The number of anilines is 1. The Bertz CT molecular complexity index is 404. The summed E-state index contributed by atoms with van der Waals surface area (Å²) in [7, 11) is 0. The predicted molar refractivity (Wildman–Crippen MR) is 61.1 cm³/mol. The molecule has 2 N–H and O–H groups in total. The van der Waals surface area contributed by atoms with Crippen LogP contribution >= 0.6 is 0 Å². The summed E-state index contributed by atoms with van der Waals surface area (Å²) < 4.78 is 0. The monoisotopic (exact) mass is 203 g/mol. The molecule has 0 unspecified atom stereocenters. The number of aryl methyl sites for hydroxylation is 1. The average Bonchev–Trinajstić information content (AvgIpc) is 2.23. The van der Waals surface area contributed by atoms with Gasteiger partial charge < -0.3 is 5.73 Å². The van der Waals surface area contributed by atoms with Gasteiger partial charge in [-0.05, 0) is 36.1 Å². The highest BCUT2D eigenvalue weighted by molar-refractivity contribution is 5.52. The maximum atomic E-state index is 8.06. The molecule has 0 bridgehead atoms. The topological polar surface area (TPSA) is 87.7 Å². The molecule has 0 amide bonds. The Morgan fingerprint density at radius 3 is 3.13 bits per heavy atom. The molecule has 1 aromatic heterocycles. The molecule has 0 aliphatic carbocycles. The van der Waals surface area contributed by atoms with Gasteiger partial charge in [0.15, 0.2) is 0 Å². The minimum atomic E-state index is 0.481. The molecular weight excluding hydrogens is 190 g/mol. The van der Waals surface area contributed by atoms with Crippen LogP contribution in [0, 0.1) is 6.92 Å². The fourth-order valence-corrected chi connectivity index (χ4v) is 1.09. The second kappa shape index (κ2) is 5.67. The summed E-state index contributed by atoms with van der Waals surface area (Å²) in [5, 5.41) is 3.43. The number of nitrogens with two attached hydrogens (primary N) is 1. The summed E-state index contributed by atoms with van der Waals surface area (Å²) in [5.74, 6) is 0.557. The van der Waals surface area contributed by atoms with Crippen molar-refractivity contribution in [3.63, 3.8) is 0 Å². The van der Waals surface area contributed by atoms with Gasteiger partial charge in [0.25, 0.3) is 0 Å².